The van der Waals surface area contributed by atoms with Gasteiger partial charge in [-0.2, -0.15) is 13.2 Å². The van der Waals surface area contributed by atoms with Gasteiger partial charge in [0.05, 0.1) is 5.56 Å². The van der Waals surface area contributed by atoms with Crippen LogP contribution in [0, 0.1) is 5.92 Å². The van der Waals surface area contributed by atoms with Crippen LogP contribution in [0.4, 0.5) is 13.2 Å². The largest absolute Gasteiger partial charge is 0.416 e. The monoisotopic (exact) mass is 354 g/mol. The summed E-state index contributed by atoms with van der Waals surface area (Å²) in [6.45, 7) is 4.01. The summed E-state index contributed by atoms with van der Waals surface area (Å²) in [5.74, 6) is -0.000330. The fourth-order valence-corrected chi connectivity index (χ4v) is 3.60. The molecule has 1 amide bonds. The quantitative estimate of drug-likeness (QED) is 0.788. The van der Waals surface area contributed by atoms with Gasteiger partial charge < -0.3 is 10.2 Å². The minimum Gasteiger partial charge on any atom is -0.356 e. The molecule has 2 unspecified atom stereocenters. The van der Waals surface area contributed by atoms with E-state index in [0.717, 1.165) is 50.2 Å². The summed E-state index contributed by atoms with van der Waals surface area (Å²) in [6, 6.07) is 5.19. The lowest BCUT2D eigenvalue weighted by molar-refractivity contribution is -0.137. The van der Waals surface area contributed by atoms with Crippen LogP contribution >= 0.6 is 0 Å². The van der Waals surface area contributed by atoms with Crippen LogP contribution in [0.15, 0.2) is 24.3 Å². The molecule has 1 N–H and O–H groups in total. The number of benzene rings is 1. The topological polar surface area (TPSA) is 32.3 Å². The Kier molecular flexibility index (Phi) is 5.67. The van der Waals surface area contributed by atoms with Crippen LogP contribution in [-0.4, -0.2) is 37.0 Å². The predicted octanol–water partition coefficient (Wildman–Crippen LogP) is 3.80. The number of carbonyl (C=O) groups is 1. The predicted molar refractivity (Wildman–Crippen MR) is 90.2 cm³/mol. The number of halogens is 3. The van der Waals surface area contributed by atoms with Crippen LogP contribution in [0.5, 0.6) is 0 Å². The highest BCUT2D eigenvalue weighted by Crippen LogP contribution is 2.47. The Morgan fingerprint density at radius 2 is 1.80 bits per heavy atom. The molecule has 6 heteroatoms. The van der Waals surface area contributed by atoms with Gasteiger partial charge in [0.25, 0.3) is 0 Å². The zero-order valence-electron chi connectivity index (χ0n) is 14.3. The minimum atomic E-state index is -4.31. The first kappa shape index (κ1) is 18.2. The number of hydrogen-bond donors (Lipinski definition) is 1. The van der Waals surface area contributed by atoms with Crippen molar-refractivity contribution in [2.24, 2.45) is 5.92 Å². The summed E-state index contributed by atoms with van der Waals surface area (Å²) in [4.78, 5) is 14.6. The van der Waals surface area contributed by atoms with Gasteiger partial charge in [-0.15, -0.1) is 0 Å². The molecule has 1 aliphatic heterocycles. The van der Waals surface area contributed by atoms with E-state index in [1.807, 2.05) is 0 Å². The molecule has 0 radical (unpaired) electrons. The molecular formula is C19H25F3N2O. The number of nitrogens with zero attached hydrogens (tertiary/aromatic N) is 1. The second-order valence-corrected chi connectivity index (χ2v) is 7.12. The van der Waals surface area contributed by atoms with E-state index in [1.54, 1.807) is 0 Å². The van der Waals surface area contributed by atoms with Crippen LogP contribution in [0.3, 0.4) is 0 Å². The van der Waals surface area contributed by atoms with E-state index in [-0.39, 0.29) is 17.7 Å². The van der Waals surface area contributed by atoms with Crippen molar-refractivity contribution in [2.75, 3.05) is 26.2 Å². The Bertz CT molecular complexity index is 579. The highest BCUT2D eigenvalue weighted by atomic mass is 19.4. The van der Waals surface area contributed by atoms with Crippen LogP contribution in [0.1, 0.15) is 49.1 Å². The lowest BCUT2D eigenvalue weighted by Gasteiger charge is -2.26. The molecule has 0 aromatic heterocycles. The first-order valence-corrected chi connectivity index (χ1v) is 9.12. The van der Waals surface area contributed by atoms with E-state index in [0.29, 0.717) is 6.54 Å². The fraction of sp³-hybridized carbons (Fsp3) is 0.632. The lowest BCUT2D eigenvalue weighted by atomic mass is 10.1. The van der Waals surface area contributed by atoms with Crippen molar-refractivity contribution in [2.45, 2.75) is 44.2 Å². The summed E-state index contributed by atoms with van der Waals surface area (Å²) in [6.07, 6.45) is 1.21. The molecule has 2 aliphatic rings. The summed E-state index contributed by atoms with van der Waals surface area (Å²) in [5.41, 5.74) is 0.178. The second-order valence-electron chi connectivity index (χ2n) is 7.12. The molecule has 1 aromatic rings. The second kappa shape index (κ2) is 7.77. The zero-order chi connectivity index (χ0) is 17.9. The minimum absolute atomic E-state index is 0.0311. The normalized spacial score (nSPS) is 24.1. The van der Waals surface area contributed by atoms with Crippen molar-refractivity contribution in [3.05, 3.63) is 35.4 Å². The molecule has 1 heterocycles. The summed E-state index contributed by atoms with van der Waals surface area (Å²) in [7, 11) is 0. The third-order valence-corrected chi connectivity index (χ3v) is 5.19. The molecule has 2 fully saturated rings. The van der Waals surface area contributed by atoms with Crippen molar-refractivity contribution in [1.29, 1.82) is 0 Å². The third kappa shape index (κ3) is 4.97. The Morgan fingerprint density at radius 3 is 2.44 bits per heavy atom. The molecule has 0 bridgehead atoms. The van der Waals surface area contributed by atoms with Gasteiger partial charge in [0.1, 0.15) is 0 Å². The van der Waals surface area contributed by atoms with Gasteiger partial charge in [0.15, 0.2) is 0 Å². The molecule has 0 spiro atoms. The van der Waals surface area contributed by atoms with Gasteiger partial charge >= 0.3 is 6.18 Å². The number of rotatable bonds is 6. The smallest absolute Gasteiger partial charge is 0.356 e. The molecule has 2 atom stereocenters. The van der Waals surface area contributed by atoms with Crippen molar-refractivity contribution in [3.63, 3.8) is 0 Å². The Hall–Kier alpha value is -1.56. The maximum absolute atomic E-state index is 12.6. The van der Waals surface area contributed by atoms with Gasteiger partial charge in [0, 0.05) is 12.5 Å². The van der Waals surface area contributed by atoms with Gasteiger partial charge in [-0.3, -0.25) is 4.79 Å². The van der Waals surface area contributed by atoms with Crippen molar-refractivity contribution >= 4 is 5.91 Å². The average molecular weight is 354 g/mol. The Balaban J connectivity index is 1.38. The third-order valence-electron chi connectivity index (χ3n) is 5.19. The highest BCUT2D eigenvalue weighted by molar-refractivity contribution is 5.82. The number of carbonyl (C=O) groups excluding carboxylic acids is 1. The molecule has 1 aliphatic carbocycles. The number of hydrogen-bond acceptors (Lipinski definition) is 2. The fourth-order valence-electron chi connectivity index (χ4n) is 3.60. The van der Waals surface area contributed by atoms with Gasteiger partial charge in [0.2, 0.25) is 5.91 Å². The first-order valence-electron chi connectivity index (χ1n) is 9.12. The van der Waals surface area contributed by atoms with E-state index in [9.17, 15) is 18.0 Å². The Morgan fingerprint density at radius 1 is 1.12 bits per heavy atom. The molecule has 1 saturated heterocycles. The van der Waals surface area contributed by atoms with Crippen molar-refractivity contribution < 1.29 is 18.0 Å². The zero-order valence-corrected chi connectivity index (χ0v) is 14.3. The summed E-state index contributed by atoms with van der Waals surface area (Å²) < 4.78 is 37.7. The number of likely N-dealkylation sites (tertiary alicyclic amines) is 1. The molecular weight excluding hydrogens is 329 g/mol. The molecule has 3 rings (SSSR count). The number of piperidine rings is 1. The van der Waals surface area contributed by atoms with Crippen LogP contribution in [0.25, 0.3) is 0 Å². The standard InChI is InChI=1S/C19H25F3N2O/c20-19(21,22)15-7-5-14(6-8-15)16-13-17(16)18(25)23-9-4-12-24-10-2-1-3-11-24/h5-8,16-17H,1-4,9-13H2,(H,23,25). The summed E-state index contributed by atoms with van der Waals surface area (Å²) in [5, 5.41) is 2.97. The molecule has 3 nitrogen and oxygen atoms in total. The van der Waals surface area contributed by atoms with Crippen molar-refractivity contribution in [3.8, 4) is 0 Å². The van der Waals surface area contributed by atoms with E-state index in [2.05, 4.69) is 10.2 Å². The molecule has 25 heavy (non-hydrogen) atoms. The molecule has 138 valence electrons. The summed E-state index contributed by atoms with van der Waals surface area (Å²) >= 11 is 0. The molecule has 1 saturated carbocycles. The van der Waals surface area contributed by atoms with E-state index >= 15 is 0 Å². The van der Waals surface area contributed by atoms with Gasteiger partial charge in [-0.1, -0.05) is 18.6 Å². The van der Waals surface area contributed by atoms with Crippen LogP contribution in [-0.2, 0) is 11.0 Å². The average Bonchev–Trinajstić information content (AvgIpc) is 3.40. The number of amides is 1. The lowest BCUT2D eigenvalue weighted by Crippen LogP contribution is -2.33. The SMILES string of the molecule is O=C(NCCCN1CCCCC1)C1CC1c1ccc(C(F)(F)F)cc1. The first-order chi connectivity index (χ1) is 11.9. The van der Waals surface area contributed by atoms with Crippen LogP contribution < -0.4 is 5.32 Å². The van der Waals surface area contributed by atoms with E-state index in [4.69, 9.17) is 0 Å². The maximum Gasteiger partial charge on any atom is 0.416 e. The van der Waals surface area contributed by atoms with E-state index in [1.165, 1.54) is 31.4 Å². The Labute approximate surface area is 146 Å². The van der Waals surface area contributed by atoms with Gasteiger partial charge in [-0.25, -0.2) is 0 Å². The number of nitrogens with one attached hydrogen (secondary N) is 1. The van der Waals surface area contributed by atoms with Crippen LogP contribution in [0.2, 0.25) is 0 Å². The van der Waals surface area contributed by atoms with Gasteiger partial charge in [-0.05, 0) is 68.9 Å². The maximum atomic E-state index is 12.6. The number of alkyl halides is 3. The van der Waals surface area contributed by atoms with E-state index < -0.39 is 11.7 Å². The molecule has 1 aromatic carbocycles. The van der Waals surface area contributed by atoms with Crippen molar-refractivity contribution in [1.82, 2.24) is 10.2 Å². The highest BCUT2D eigenvalue weighted by Gasteiger charge is 2.44.